The van der Waals surface area contributed by atoms with Crippen molar-refractivity contribution in [2.24, 2.45) is 0 Å². The second-order valence-electron chi connectivity index (χ2n) is 14.0. The van der Waals surface area contributed by atoms with Gasteiger partial charge in [-0.2, -0.15) is 0 Å². The molecule has 0 aliphatic heterocycles. The second kappa shape index (κ2) is 13.8. The summed E-state index contributed by atoms with van der Waals surface area (Å²) in [6.07, 6.45) is 14.0. The molecule has 0 spiro atoms. The van der Waals surface area contributed by atoms with Crippen molar-refractivity contribution in [3.63, 3.8) is 0 Å². The van der Waals surface area contributed by atoms with E-state index in [1.165, 1.54) is 27.6 Å². The van der Waals surface area contributed by atoms with Crippen LogP contribution in [0.5, 0.6) is 0 Å². The Morgan fingerprint density at radius 2 is 1.19 bits per heavy atom. The Balaban J connectivity index is 1.00. The molecule has 8 aromatic rings. The maximum Gasteiger partial charge on any atom is 0.0702 e. The number of fused-ring (bicyclic) bond motifs is 1. The molecular weight excluding hydrogens is 643 g/mol. The Bertz CT molecular complexity index is 2560. The second-order valence-corrected chi connectivity index (χ2v) is 14.0. The van der Waals surface area contributed by atoms with Crippen LogP contribution in [0, 0.1) is 0 Å². The zero-order valence-electron chi connectivity index (χ0n) is 29.7. The molecule has 0 bridgehead atoms. The summed E-state index contributed by atoms with van der Waals surface area (Å²) in [7, 11) is 0. The first-order valence-electron chi connectivity index (χ1n) is 18.3. The van der Waals surface area contributed by atoms with Gasteiger partial charge in [0, 0.05) is 51.7 Å². The van der Waals surface area contributed by atoms with Crippen LogP contribution in [0.4, 0.5) is 17.1 Å². The SMILES string of the molecule is CC1(c2ccc(N(c3ccc(-c4ccccc4)cc3)c3ccc(-c4ccc(-c5cccc(-n6ccc7ccccc76)c5)cn4)cc3)cc2)C=CC=CC1. The molecule has 1 atom stereocenters. The monoisotopic (exact) mass is 681 g/mol. The van der Waals surface area contributed by atoms with E-state index in [0.29, 0.717) is 0 Å². The van der Waals surface area contributed by atoms with Gasteiger partial charge in [0.05, 0.1) is 11.2 Å². The van der Waals surface area contributed by atoms with Crippen LogP contribution in [0.25, 0.3) is 50.1 Å². The molecule has 0 N–H and O–H groups in total. The molecular formula is C50H39N3. The van der Waals surface area contributed by atoms with E-state index >= 15 is 0 Å². The van der Waals surface area contributed by atoms with E-state index in [9.17, 15) is 0 Å². The van der Waals surface area contributed by atoms with E-state index < -0.39 is 0 Å². The summed E-state index contributed by atoms with van der Waals surface area (Å²) >= 11 is 0. The van der Waals surface area contributed by atoms with Crippen LogP contribution in [0.3, 0.4) is 0 Å². The van der Waals surface area contributed by atoms with Gasteiger partial charge in [-0.1, -0.05) is 134 Å². The lowest BCUT2D eigenvalue weighted by Gasteiger charge is -2.29. The number of aromatic nitrogens is 2. The molecule has 2 aromatic heterocycles. The van der Waals surface area contributed by atoms with E-state index in [2.05, 4.69) is 217 Å². The van der Waals surface area contributed by atoms with Crippen molar-refractivity contribution in [3.8, 4) is 39.2 Å². The molecule has 6 aromatic carbocycles. The van der Waals surface area contributed by atoms with Crippen LogP contribution in [-0.4, -0.2) is 9.55 Å². The molecule has 3 nitrogen and oxygen atoms in total. The van der Waals surface area contributed by atoms with E-state index in [1.807, 2.05) is 6.20 Å². The van der Waals surface area contributed by atoms with Gasteiger partial charge in [-0.05, 0) is 101 Å². The van der Waals surface area contributed by atoms with Crippen molar-refractivity contribution in [1.82, 2.24) is 9.55 Å². The summed E-state index contributed by atoms with van der Waals surface area (Å²) in [5.74, 6) is 0. The summed E-state index contributed by atoms with van der Waals surface area (Å²) in [5, 5.41) is 1.23. The standard InChI is InChI=1S/C50H39N3/c1-50(32-8-3-9-33-50)43-22-28-46(29-23-43)53(44-24-17-38(18-25-44)37-11-4-2-5-12-37)45-26-19-39(20-27-45)48-30-21-42(36-51-48)41-14-10-15-47(35-41)52-34-31-40-13-6-7-16-49(40)52/h2-32,34-36H,33H2,1H3. The third-order valence-corrected chi connectivity index (χ3v) is 10.5. The Labute approximate surface area is 311 Å². The zero-order chi connectivity index (χ0) is 35.6. The molecule has 1 aliphatic carbocycles. The highest BCUT2D eigenvalue weighted by atomic mass is 15.1. The molecule has 0 amide bonds. The summed E-state index contributed by atoms with van der Waals surface area (Å²) in [5.41, 5.74) is 13.6. The average Bonchev–Trinajstić information content (AvgIpc) is 3.67. The first-order valence-corrected chi connectivity index (χ1v) is 18.3. The van der Waals surface area contributed by atoms with Crippen LogP contribution in [0.2, 0.25) is 0 Å². The molecule has 254 valence electrons. The minimum atomic E-state index is -0.0000980. The van der Waals surface area contributed by atoms with E-state index in [-0.39, 0.29) is 5.41 Å². The minimum Gasteiger partial charge on any atom is -0.317 e. The highest BCUT2D eigenvalue weighted by Crippen LogP contribution is 2.39. The highest BCUT2D eigenvalue weighted by molar-refractivity contribution is 5.83. The van der Waals surface area contributed by atoms with Crippen molar-refractivity contribution in [2.75, 3.05) is 4.90 Å². The number of nitrogens with zero attached hydrogens (tertiary/aromatic N) is 3. The molecule has 0 radical (unpaired) electrons. The predicted molar refractivity (Wildman–Crippen MR) is 222 cm³/mol. The van der Waals surface area contributed by atoms with Crippen molar-refractivity contribution >= 4 is 28.0 Å². The lowest BCUT2D eigenvalue weighted by atomic mass is 9.77. The summed E-state index contributed by atoms with van der Waals surface area (Å²) in [4.78, 5) is 7.26. The molecule has 53 heavy (non-hydrogen) atoms. The third kappa shape index (κ3) is 6.39. The van der Waals surface area contributed by atoms with Gasteiger partial charge < -0.3 is 9.47 Å². The van der Waals surface area contributed by atoms with Crippen molar-refractivity contribution in [2.45, 2.75) is 18.8 Å². The Morgan fingerprint density at radius 3 is 1.89 bits per heavy atom. The first-order chi connectivity index (χ1) is 26.1. The third-order valence-electron chi connectivity index (χ3n) is 10.5. The summed E-state index contributed by atoms with van der Waals surface area (Å²) < 4.78 is 2.24. The topological polar surface area (TPSA) is 21.1 Å². The molecule has 1 unspecified atom stereocenters. The first kappa shape index (κ1) is 32.2. The molecule has 0 fully saturated rings. The fraction of sp³-hybridized carbons (Fsp3) is 0.0600. The Morgan fingerprint density at radius 1 is 0.547 bits per heavy atom. The molecule has 2 heterocycles. The molecule has 9 rings (SSSR count). The van der Waals surface area contributed by atoms with E-state index in [4.69, 9.17) is 4.98 Å². The van der Waals surface area contributed by atoms with Gasteiger partial charge in [-0.3, -0.25) is 4.98 Å². The van der Waals surface area contributed by atoms with Gasteiger partial charge in [0.25, 0.3) is 0 Å². The summed E-state index contributed by atoms with van der Waals surface area (Å²) in [6, 6.07) is 60.8. The number of anilines is 3. The van der Waals surface area contributed by atoms with Crippen LogP contribution >= 0.6 is 0 Å². The maximum atomic E-state index is 4.93. The van der Waals surface area contributed by atoms with Crippen LogP contribution in [-0.2, 0) is 5.41 Å². The number of hydrogen-bond donors (Lipinski definition) is 0. The van der Waals surface area contributed by atoms with Gasteiger partial charge in [0.2, 0.25) is 0 Å². The highest BCUT2D eigenvalue weighted by Gasteiger charge is 2.24. The molecule has 3 heteroatoms. The van der Waals surface area contributed by atoms with E-state index in [0.717, 1.165) is 51.6 Å². The van der Waals surface area contributed by atoms with Crippen LogP contribution in [0.15, 0.2) is 207 Å². The number of pyridine rings is 1. The zero-order valence-corrected chi connectivity index (χ0v) is 29.7. The number of para-hydroxylation sites is 1. The largest absolute Gasteiger partial charge is 0.317 e. The number of allylic oxidation sites excluding steroid dienone is 4. The maximum absolute atomic E-state index is 4.93. The van der Waals surface area contributed by atoms with Crippen LogP contribution in [0.1, 0.15) is 18.9 Å². The predicted octanol–water partition coefficient (Wildman–Crippen LogP) is 13.3. The van der Waals surface area contributed by atoms with Gasteiger partial charge in [0.1, 0.15) is 0 Å². The van der Waals surface area contributed by atoms with Crippen molar-refractivity contribution < 1.29 is 0 Å². The molecule has 1 aliphatic rings. The van der Waals surface area contributed by atoms with Gasteiger partial charge >= 0.3 is 0 Å². The Hall–Kier alpha value is -6.71. The number of benzene rings is 6. The lowest BCUT2D eigenvalue weighted by Crippen LogP contribution is -2.19. The molecule has 0 saturated heterocycles. The summed E-state index contributed by atoms with van der Waals surface area (Å²) in [6.45, 7) is 2.31. The number of rotatable bonds is 8. The normalized spacial score (nSPS) is 15.1. The van der Waals surface area contributed by atoms with Crippen LogP contribution < -0.4 is 4.90 Å². The van der Waals surface area contributed by atoms with Gasteiger partial charge in [-0.15, -0.1) is 0 Å². The van der Waals surface area contributed by atoms with Gasteiger partial charge in [0.15, 0.2) is 0 Å². The fourth-order valence-corrected chi connectivity index (χ4v) is 7.47. The Kier molecular flexibility index (Phi) is 8.38. The average molecular weight is 682 g/mol. The molecule has 0 saturated carbocycles. The fourth-order valence-electron chi connectivity index (χ4n) is 7.47. The lowest BCUT2D eigenvalue weighted by molar-refractivity contribution is 0.600. The van der Waals surface area contributed by atoms with Gasteiger partial charge in [-0.25, -0.2) is 0 Å². The number of hydrogen-bond acceptors (Lipinski definition) is 2. The quantitative estimate of drug-likeness (QED) is 0.159. The smallest absolute Gasteiger partial charge is 0.0702 e. The minimum absolute atomic E-state index is 0.0000980. The van der Waals surface area contributed by atoms with Crippen molar-refractivity contribution in [3.05, 3.63) is 212 Å². The van der Waals surface area contributed by atoms with Crippen molar-refractivity contribution in [1.29, 1.82) is 0 Å². The van der Waals surface area contributed by atoms with E-state index in [1.54, 1.807) is 0 Å².